The van der Waals surface area contributed by atoms with Crippen molar-refractivity contribution in [2.24, 2.45) is 11.7 Å². The summed E-state index contributed by atoms with van der Waals surface area (Å²) in [6.07, 6.45) is 1.75. The lowest BCUT2D eigenvalue weighted by Crippen LogP contribution is -2.31. The minimum absolute atomic E-state index is 0.0315. The molecule has 1 amide bonds. The maximum Gasteiger partial charge on any atom is 0.229 e. The summed E-state index contributed by atoms with van der Waals surface area (Å²) in [5, 5.41) is 0. The highest BCUT2D eigenvalue weighted by Gasteiger charge is 2.17. The molecule has 0 bridgehead atoms. The highest BCUT2D eigenvalue weighted by Crippen LogP contribution is 2.18. The molecule has 0 fully saturated rings. The zero-order valence-corrected chi connectivity index (χ0v) is 10.9. The van der Waals surface area contributed by atoms with Crippen LogP contribution in [0.4, 0.5) is 5.69 Å². The zero-order chi connectivity index (χ0) is 12.8. The van der Waals surface area contributed by atoms with Crippen LogP contribution in [-0.2, 0) is 4.79 Å². The number of amides is 1. The number of hydrogen-bond donors (Lipinski definition) is 1. The highest BCUT2D eigenvalue weighted by atomic mass is 16.2. The summed E-state index contributed by atoms with van der Waals surface area (Å²) >= 11 is 0. The minimum atomic E-state index is 0.0315. The van der Waals surface area contributed by atoms with Gasteiger partial charge in [-0.2, -0.15) is 0 Å². The number of carbonyl (C=O) groups is 1. The Hall–Kier alpha value is -1.35. The van der Waals surface area contributed by atoms with Crippen LogP contribution in [0.1, 0.15) is 25.3 Å². The molecule has 0 spiro atoms. The van der Waals surface area contributed by atoms with E-state index in [4.69, 9.17) is 5.73 Å². The van der Waals surface area contributed by atoms with Crippen LogP contribution in [-0.4, -0.2) is 19.5 Å². The lowest BCUT2D eigenvalue weighted by Gasteiger charge is -2.21. The molecule has 1 atom stereocenters. The largest absolute Gasteiger partial charge is 0.330 e. The molecule has 0 aliphatic carbocycles. The molecule has 0 aliphatic heterocycles. The first-order valence-electron chi connectivity index (χ1n) is 6.10. The van der Waals surface area contributed by atoms with E-state index in [1.165, 1.54) is 0 Å². The van der Waals surface area contributed by atoms with Crippen molar-refractivity contribution in [3.05, 3.63) is 29.8 Å². The smallest absolute Gasteiger partial charge is 0.229 e. The monoisotopic (exact) mass is 234 g/mol. The lowest BCUT2D eigenvalue weighted by molar-refractivity contribution is -0.121. The van der Waals surface area contributed by atoms with Gasteiger partial charge in [0.2, 0.25) is 5.91 Å². The van der Waals surface area contributed by atoms with Crippen molar-refractivity contribution in [3.8, 4) is 0 Å². The molecular formula is C14H22N2O. The van der Waals surface area contributed by atoms with Crippen molar-refractivity contribution in [2.75, 3.05) is 18.5 Å². The quantitative estimate of drug-likeness (QED) is 0.850. The highest BCUT2D eigenvalue weighted by molar-refractivity contribution is 5.94. The van der Waals surface area contributed by atoms with Gasteiger partial charge in [0.05, 0.1) is 0 Å². The summed E-state index contributed by atoms with van der Waals surface area (Å²) in [6.45, 7) is 4.63. The van der Waals surface area contributed by atoms with Gasteiger partial charge in [0.15, 0.2) is 0 Å². The Morgan fingerprint density at radius 1 is 1.47 bits per heavy atom. The van der Waals surface area contributed by atoms with Gasteiger partial charge in [-0.1, -0.05) is 19.1 Å². The number of benzene rings is 1. The van der Waals surface area contributed by atoms with Crippen molar-refractivity contribution in [1.29, 1.82) is 0 Å². The van der Waals surface area contributed by atoms with Crippen molar-refractivity contribution in [2.45, 2.75) is 26.7 Å². The second-order valence-electron chi connectivity index (χ2n) is 4.57. The first kappa shape index (κ1) is 13.7. The van der Waals surface area contributed by atoms with E-state index in [1.807, 2.05) is 45.2 Å². The Morgan fingerprint density at radius 2 is 2.18 bits per heavy atom. The van der Waals surface area contributed by atoms with E-state index in [-0.39, 0.29) is 11.8 Å². The molecule has 1 aromatic carbocycles. The fraction of sp³-hybridized carbons (Fsp3) is 0.500. The molecule has 1 unspecified atom stereocenters. The Kier molecular flexibility index (Phi) is 5.16. The number of hydrogen-bond acceptors (Lipinski definition) is 2. The second kappa shape index (κ2) is 6.40. The first-order valence-corrected chi connectivity index (χ1v) is 6.10. The fourth-order valence-electron chi connectivity index (χ4n) is 1.84. The molecular weight excluding hydrogens is 212 g/mol. The van der Waals surface area contributed by atoms with Gasteiger partial charge in [-0.25, -0.2) is 0 Å². The van der Waals surface area contributed by atoms with Gasteiger partial charge in [0.25, 0.3) is 0 Å². The number of aryl methyl sites for hydroxylation is 1. The Morgan fingerprint density at radius 3 is 2.76 bits per heavy atom. The summed E-state index contributed by atoms with van der Waals surface area (Å²) in [6, 6.07) is 7.98. The van der Waals surface area contributed by atoms with E-state index >= 15 is 0 Å². The second-order valence-corrected chi connectivity index (χ2v) is 4.57. The van der Waals surface area contributed by atoms with Crippen LogP contribution >= 0.6 is 0 Å². The predicted octanol–water partition coefficient (Wildman–Crippen LogP) is 2.33. The molecule has 17 heavy (non-hydrogen) atoms. The number of rotatable bonds is 5. The van der Waals surface area contributed by atoms with Gasteiger partial charge in [-0.15, -0.1) is 0 Å². The van der Waals surface area contributed by atoms with Gasteiger partial charge in [-0.05, 0) is 44.0 Å². The van der Waals surface area contributed by atoms with E-state index in [9.17, 15) is 4.79 Å². The predicted molar refractivity (Wildman–Crippen MR) is 72.0 cm³/mol. The van der Waals surface area contributed by atoms with E-state index in [0.717, 1.165) is 24.1 Å². The van der Waals surface area contributed by atoms with Crippen LogP contribution in [0, 0.1) is 12.8 Å². The number of carbonyl (C=O) groups excluding carboxylic acids is 1. The van der Waals surface area contributed by atoms with Gasteiger partial charge < -0.3 is 10.6 Å². The summed E-state index contributed by atoms with van der Waals surface area (Å²) in [5.41, 5.74) is 7.58. The number of nitrogens with two attached hydrogens (primary N) is 1. The van der Waals surface area contributed by atoms with Crippen LogP contribution < -0.4 is 10.6 Å². The topological polar surface area (TPSA) is 46.3 Å². The van der Waals surface area contributed by atoms with Gasteiger partial charge in [-0.3, -0.25) is 4.79 Å². The maximum absolute atomic E-state index is 12.1. The molecule has 0 saturated carbocycles. The summed E-state index contributed by atoms with van der Waals surface area (Å²) in [5.74, 6) is 0.188. The Labute approximate surface area is 104 Å². The Bertz CT molecular complexity index is 376. The summed E-state index contributed by atoms with van der Waals surface area (Å²) in [7, 11) is 1.83. The molecule has 1 aromatic rings. The van der Waals surface area contributed by atoms with Crippen LogP contribution in [0.2, 0.25) is 0 Å². The van der Waals surface area contributed by atoms with Crippen LogP contribution in [0.15, 0.2) is 24.3 Å². The molecule has 0 radical (unpaired) electrons. The third-order valence-corrected chi connectivity index (χ3v) is 2.98. The average molecular weight is 234 g/mol. The normalized spacial score (nSPS) is 12.2. The van der Waals surface area contributed by atoms with Crippen molar-refractivity contribution >= 4 is 11.6 Å². The summed E-state index contributed by atoms with van der Waals surface area (Å²) in [4.78, 5) is 13.9. The van der Waals surface area contributed by atoms with Gasteiger partial charge >= 0.3 is 0 Å². The molecule has 0 aromatic heterocycles. The SMILES string of the molecule is Cc1cccc(N(C)C(=O)C(C)CCCN)c1. The molecule has 3 nitrogen and oxygen atoms in total. The van der Waals surface area contributed by atoms with E-state index in [2.05, 4.69) is 0 Å². The van der Waals surface area contributed by atoms with Gasteiger partial charge in [0.1, 0.15) is 0 Å². The van der Waals surface area contributed by atoms with Crippen LogP contribution in [0.3, 0.4) is 0 Å². The zero-order valence-electron chi connectivity index (χ0n) is 10.9. The standard InChI is InChI=1S/C14H22N2O/c1-11-6-4-8-13(10-11)16(3)14(17)12(2)7-5-9-15/h4,6,8,10,12H,5,7,9,15H2,1-3H3. The van der Waals surface area contributed by atoms with E-state index < -0.39 is 0 Å². The third-order valence-electron chi connectivity index (χ3n) is 2.98. The van der Waals surface area contributed by atoms with Crippen LogP contribution in [0.25, 0.3) is 0 Å². The molecule has 3 heteroatoms. The van der Waals surface area contributed by atoms with E-state index in [0.29, 0.717) is 6.54 Å². The first-order chi connectivity index (χ1) is 8.06. The minimum Gasteiger partial charge on any atom is -0.330 e. The maximum atomic E-state index is 12.1. The molecule has 0 saturated heterocycles. The molecule has 2 N–H and O–H groups in total. The van der Waals surface area contributed by atoms with Crippen molar-refractivity contribution in [1.82, 2.24) is 0 Å². The average Bonchev–Trinajstić information content (AvgIpc) is 2.34. The lowest BCUT2D eigenvalue weighted by atomic mass is 10.0. The molecule has 1 rings (SSSR count). The Balaban J connectivity index is 2.69. The fourth-order valence-corrected chi connectivity index (χ4v) is 1.84. The number of nitrogens with zero attached hydrogens (tertiary/aromatic N) is 1. The van der Waals surface area contributed by atoms with Crippen molar-refractivity contribution in [3.63, 3.8) is 0 Å². The molecule has 0 aliphatic rings. The van der Waals surface area contributed by atoms with Crippen LogP contribution in [0.5, 0.6) is 0 Å². The third kappa shape index (κ3) is 3.86. The molecule has 0 heterocycles. The molecule has 94 valence electrons. The van der Waals surface area contributed by atoms with Gasteiger partial charge in [0, 0.05) is 18.7 Å². The number of anilines is 1. The van der Waals surface area contributed by atoms with E-state index in [1.54, 1.807) is 4.90 Å². The summed E-state index contributed by atoms with van der Waals surface area (Å²) < 4.78 is 0. The van der Waals surface area contributed by atoms with Crippen molar-refractivity contribution < 1.29 is 4.79 Å².